The summed E-state index contributed by atoms with van der Waals surface area (Å²) in [5.74, 6) is -0.480. The molecule has 3 saturated heterocycles. The number of hydrogen-bond donors (Lipinski definition) is 5. The van der Waals surface area contributed by atoms with Gasteiger partial charge in [-0.15, -0.1) is 0 Å². The Hall–Kier alpha value is -4.99. The van der Waals surface area contributed by atoms with E-state index >= 15 is 0 Å². The van der Waals surface area contributed by atoms with Gasteiger partial charge in [-0.1, -0.05) is 152 Å². The van der Waals surface area contributed by atoms with E-state index in [0.29, 0.717) is 0 Å². The van der Waals surface area contributed by atoms with E-state index in [1.807, 2.05) is 159 Å². The van der Waals surface area contributed by atoms with Crippen molar-refractivity contribution in [3.8, 4) is 0 Å². The minimum absolute atomic E-state index is 0.0565. The van der Waals surface area contributed by atoms with Gasteiger partial charge >= 0.3 is 0 Å². The third-order valence-corrected chi connectivity index (χ3v) is 12.7. The lowest BCUT2D eigenvalue weighted by Gasteiger charge is -2.51. The van der Waals surface area contributed by atoms with Crippen molar-refractivity contribution >= 4 is 5.91 Å². The van der Waals surface area contributed by atoms with Gasteiger partial charge in [0.15, 0.2) is 18.9 Å². The van der Waals surface area contributed by atoms with Crippen molar-refractivity contribution in [3.63, 3.8) is 0 Å². The van der Waals surface area contributed by atoms with E-state index < -0.39 is 105 Å². The zero-order valence-corrected chi connectivity index (χ0v) is 39.8. The summed E-state index contributed by atoms with van der Waals surface area (Å²) in [5.41, 5.74) is 4.43. The summed E-state index contributed by atoms with van der Waals surface area (Å²) < 4.78 is 66.9. The van der Waals surface area contributed by atoms with Crippen molar-refractivity contribution in [3.05, 3.63) is 179 Å². The molecule has 5 aromatic carbocycles. The van der Waals surface area contributed by atoms with E-state index in [1.165, 1.54) is 6.92 Å². The van der Waals surface area contributed by atoms with Gasteiger partial charge in [-0.2, -0.15) is 0 Å². The largest absolute Gasteiger partial charge is 0.394 e. The Morgan fingerprint density at radius 1 is 0.479 bits per heavy atom. The molecule has 15 atom stereocenters. The first-order valence-corrected chi connectivity index (χ1v) is 24.1. The summed E-state index contributed by atoms with van der Waals surface area (Å²) in [4.78, 5) is 13.3. The molecule has 0 saturated carbocycles. The summed E-state index contributed by atoms with van der Waals surface area (Å²) >= 11 is 0. The van der Waals surface area contributed by atoms with E-state index in [0.717, 1.165) is 27.8 Å². The molecule has 0 aliphatic carbocycles. The second-order valence-electron chi connectivity index (χ2n) is 18.0. The van der Waals surface area contributed by atoms with Crippen molar-refractivity contribution in [2.45, 2.75) is 139 Å². The van der Waals surface area contributed by atoms with Crippen LogP contribution in [-0.4, -0.2) is 132 Å². The first-order chi connectivity index (χ1) is 34.6. The lowest BCUT2D eigenvalue weighted by molar-refractivity contribution is -0.380. The number of aliphatic hydroxyl groups excluding tert-OH is 4. The maximum atomic E-state index is 13.3. The van der Waals surface area contributed by atoms with Crippen LogP contribution in [0.1, 0.15) is 41.7 Å². The number of rotatable bonds is 22. The number of nitrogens with one attached hydrogen (secondary N) is 1. The summed E-state index contributed by atoms with van der Waals surface area (Å²) in [6, 6.07) is 46.9. The quantitative estimate of drug-likeness (QED) is 0.0638. The average Bonchev–Trinajstić information content (AvgIpc) is 3.39. The summed E-state index contributed by atoms with van der Waals surface area (Å²) in [6.07, 6.45) is -17.6. The Labute approximate surface area is 414 Å². The fourth-order valence-corrected chi connectivity index (χ4v) is 8.98. The molecule has 1 amide bonds. The number of benzene rings is 5. The second-order valence-corrected chi connectivity index (χ2v) is 18.0. The van der Waals surface area contributed by atoms with Crippen molar-refractivity contribution in [1.82, 2.24) is 5.32 Å². The van der Waals surface area contributed by atoms with Crippen LogP contribution < -0.4 is 5.32 Å². The van der Waals surface area contributed by atoms with Gasteiger partial charge in [0, 0.05) is 6.92 Å². The maximum absolute atomic E-state index is 13.3. The number of hydrogen-bond acceptors (Lipinski definition) is 15. The lowest BCUT2D eigenvalue weighted by Crippen LogP contribution is -2.70. The molecule has 380 valence electrons. The molecule has 3 fully saturated rings. The van der Waals surface area contributed by atoms with Crippen LogP contribution in [-0.2, 0) is 85.2 Å². The molecule has 3 heterocycles. The van der Waals surface area contributed by atoms with Crippen LogP contribution in [0.3, 0.4) is 0 Å². The maximum Gasteiger partial charge on any atom is 0.217 e. The van der Waals surface area contributed by atoms with E-state index in [9.17, 15) is 25.2 Å². The van der Waals surface area contributed by atoms with Crippen LogP contribution in [0, 0.1) is 0 Å². The molecular weight excluding hydrogens is 915 g/mol. The topological polar surface area (TPSA) is 202 Å². The molecule has 71 heavy (non-hydrogen) atoms. The summed E-state index contributed by atoms with van der Waals surface area (Å²) in [6.45, 7) is 3.18. The molecule has 8 rings (SSSR count). The highest BCUT2D eigenvalue weighted by atomic mass is 16.8. The molecule has 16 heteroatoms. The first-order valence-electron chi connectivity index (χ1n) is 24.1. The minimum atomic E-state index is -1.82. The van der Waals surface area contributed by atoms with Gasteiger partial charge in [0.1, 0.15) is 67.1 Å². The van der Waals surface area contributed by atoms with E-state index in [4.69, 9.17) is 47.4 Å². The molecule has 3 aliphatic rings. The Kier molecular flexibility index (Phi) is 19.2. The van der Waals surface area contributed by atoms with Gasteiger partial charge in [0.05, 0.1) is 52.4 Å². The second kappa shape index (κ2) is 26.1. The number of ether oxygens (including phenoxy) is 10. The van der Waals surface area contributed by atoms with Crippen LogP contribution in [0.15, 0.2) is 152 Å². The molecule has 3 aliphatic heterocycles. The Bertz CT molecular complexity index is 2300. The van der Waals surface area contributed by atoms with Gasteiger partial charge in [-0.3, -0.25) is 4.79 Å². The van der Waals surface area contributed by atoms with Gasteiger partial charge in [-0.05, 0) is 34.7 Å². The zero-order chi connectivity index (χ0) is 49.5. The van der Waals surface area contributed by atoms with Crippen LogP contribution in [0.2, 0.25) is 0 Å². The monoisotopic (exact) mass is 979 g/mol. The first kappa shape index (κ1) is 52.3. The van der Waals surface area contributed by atoms with Crippen LogP contribution >= 0.6 is 0 Å². The predicted octanol–water partition coefficient (Wildman–Crippen LogP) is 4.72. The number of carbonyl (C=O) groups is 1. The molecule has 5 N–H and O–H groups in total. The molecule has 0 spiro atoms. The Morgan fingerprint density at radius 3 is 1.41 bits per heavy atom. The number of aliphatic hydroxyl groups is 4. The SMILES string of the molecule is CC(=O)N[C@H]1[C@H](OCc2ccccc2)O[C@H](COCc2ccccc2)[C@@H](O[C@@H]2O[C@@H](C)[C@@H](OCc3ccccc3)[C@@H](OCc3ccccc3)[C@@H]2OCc2ccccc2)[C@@H]1O[C@@H]1O[C@H](CO)[C@H](O)[C@H](O)[C@H]1O. The highest BCUT2D eigenvalue weighted by Crippen LogP contribution is 2.37. The Morgan fingerprint density at radius 2 is 0.915 bits per heavy atom. The number of amides is 1. The van der Waals surface area contributed by atoms with Crippen molar-refractivity contribution in [2.75, 3.05) is 13.2 Å². The molecule has 5 aromatic rings. The van der Waals surface area contributed by atoms with Crippen molar-refractivity contribution in [2.24, 2.45) is 0 Å². The average molecular weight is 980 g/mol. The standard InChI is InChI=1S/C55H65NO15/c1-35-48(63-30-38-20-10-4-11-21-38)51(64-31-39-22-12-5-13-23-39)52(65-32-40-24-14-6-15-25-40)55(67-35)70-49-43(34-62-29-37-18-8-3-9-19-37)69-53(66-33-41-26-16-7-17-27-41)44(56-36(2)58)50(49)71-54-47(61)46(60)45(59)42(28-57)68-54/h3-27,35,42-55,57,59-61H,28-34H2,1-2H3,(H,56,58)/t35-,42+,43+,44+,45-,46-,47+,48+,49+,50+,51+,52-,53+,54-,55-/m0/s1. The predicted molar refractivity (Wildman–Crippen MR) is 256 cm³/mol. The highest BCUT2D eigenvalue weighted by molar-refractivity contribution is 5.73. The molecule has 0 radical (unpaired) electrons. The van der Waals surface area contributed by atoms with E-state index in [2.05, 4.69) is 5.32 Å². The van der Waals surface area contributed by atoms with Gasteiger partial charge in [0.25, 0.3) is 0 Å². The highest BCUT2D eigenvalue weighted by Gasteiger charge is 2.56. The third kappa shape index (κ3) is 14.2. The fraction of sp³-hybridized carbons (Fsp3) is 0.436. The normalized spacial score (nSPS) is 30.9. The van der Waals surface area contributed by atoms with Crippen LogP contribution in [0.25, 0.3) is 0 Å². The van der Waals surface area contributed by atoms with E-state index in [-0.39, 0.29) is 39.6 Å². The number of carbonyl (C=O) groups excluding carboxylic acids is 1. The molecule has 16 nitrogen and oxygen atoms in total. The van der Waals surface area contributed by atoms with Gasteiger partial charge in [-0.25, -0.2) is 0 Å². The van der Waals surface area contributed by atoms with Gasteiger partial charge < -0.3 is 73.1 Å². The van der Waals surface area contributed by atoms with Crippen LogP contribution in [0.5, 0.6) is 0 Å². The zero-order valence-electron chi connectivity index (χ0n) is 39.8. The molecule has 0 unspecified atom stereocenters. The summed E-state index contributed by atoms with van der Waals surface area (Å²) in [5, 5.41) is 46.4. The fourth-order valence-electron chi connectivity index (χ4n) is 8.98. The smallest absolute Gasteiger partial charge is 0.217 e. The minimum Gasteiger partial charge on any atom is -0.394 e. The molecule has 0 bridgehead atoms. The van der Waals surface area contributed by atoms with Crippen molar-refractivity contribution in [1.29, 1.82) is 0 Å². The molecular formula is C55H65NO15. The summed E-state index contributed by atoms with van der Waals surface area (Å²) in [7, 11) is 0. The van der Waals surface area contributed by atoms with E-state index in [1.54, 1.807) is 0 Å². The van der Waals surface area contributed by atoms with Crippen LogP contribution in [0.4, 0.5) is 0 Å². The molecule has 0 aromatic heterocycles. The Balaban J connectivity index is 1.19. The van der Waals surface area contributed by atoms with Crippen molar-refractivity contribution < 1.29 is 72.6 Å². The third-order valence-electron chi connectivity index (χ3n) is 12.7. The van der Waals surface area contributed by atoms with Gasteiger partial charge in [0.2, 0.25) is 5.91 Å². The lowest BCUT2D eigenvalue weighted by atomic mass is 9.94.